The summed E-state index contributed by atoms with van der Waals surface area (Å²) in [6.45, 7) is 0. The van der Waals surface area contributed by atoms with Crippen LogP contribution >= 0.6 is 43.2 Å². The highest BCUT2D eigenvalue weighted by atomic mass is 79.9. The topological polar surface area (TPSA) is 30.0 Å². The molecule has 20 heavy (non-hydrogen) atoms. The van der Waals surface area contributed by atoms with Crippen molar-refractivity contribution in [3.63, 3.8) is 0 Å². The molecule has 3 rings (SSSR count). The first-order chi connectivity index (χ1) is 9.61. The van der Waals surface area contributed by atoms with E-state index in [1.54, 1.807) is 11.3 Å². The number of ketones is 1. The summed E-state index contributed by atoms with van der Waals surface area (Å²) in [7, 11) is 0. The van der Waals surface area contributed by atoms with E-state index >= 15 is 0 Å². The SMILES string of the molecule is O=C(Cc1nc2ccccc2s1)c1cc(Br)cc(Br)c1. The number of carbonyl (C=O) groups excluding carboxylic acids is 1. The van der Waals surface area contributed by atoms with E-state index in [-0.39, 0.29) is 5.78 Å². The molecule has 0 unspecified atom stereocenters. The van der Waals surface area contributed by atoms with Crippen LogP contribution in [0.15, 0.2) is 51.4 Å². The molecule has 0 N–H and O–H groups in total. The number of halogens is 2. The van der Waals surface area contributed by atoms with Gasteiger partial charge >= 0.3 is 0 Å². The van der Waals surface area contributed by atoms with E-state index in [0.29, 0.717) is 12.0 Å². The quantitative estimate of drug-likeness (QED) is 0.552. The third kappa shape index (κ3) is 3.00. The first kappa shape index (κ1) is 13.9. The Morgan fingerprint density at radius 3 is 2.50 bits per heavy atom. The Balaban J connectivity index is 1.88. The van der Waals surface area contributed by atoms with Crippen molar-refractivity contribution < 1.29 is 4.79 Å². The molecular weight excluding hydrogens is 402 g/mol. The highest BCUT2D eigenvalue weighted by Crippen LogP contribution is 2.24. The number of Topliss-reactive ketones (excluding diaryl/α,β-unsaturated/α-hetero) is 1. The van der Waals surface area contributed by atoms with Gasteiger partial charge < -0.3 is 0 Å². The lowest BCUT2D eigenvalue weighted by Crippen LogP contribution is -2.03. The number of hydrogen-bond donors (Lipinski definition) is 0. The van der Waals surface area contributed by atoms with Gasteiger partial charge in [0.15, 0.2) is 5.78 Å². The molecule has 1 heterocycles. The number of carbonyl (C=O) groups is 1. The van der Waals surface area contributed by atoms with Crippen molar-refractivity contribution in [3.05, 3.63) is 62.0 Å². The third-order valence-electron chi connectivity index (χ3n) is 2.83. The Morgan fingerprint density at radius 2 is 1.80 bits per heavy atom. The van der Waals surface area contributed by atoms with Gasteiger partial charge in [-0.05, 0) is 30.3 Å². The van der Waals surface area contributed by atoms with Crippen molar-refractivity contribution in [3.8, 4) is 0 Å². The summed E-state index contributed by atoms with van der Waals surface area (Å²) < 4.78 is 2.89. The van der Waals surface area contributed by atoms with Crippen LogP contribution in [0.25, 0.3) is 10.2 Å². The lowest BCUT2D eigenvalue weighted by atomic mass is 10.1. The summed E-state index contributed by atoms with van der Waals surface area (Å²) in [5, 5.41) is 0.854. The van der Waals surface area contributed by atoms with E-state index in [4.69, 9.17) is 0 Å². The largest absolute Gasteiger partial charge is 0.294 e. The van der Waals surface area contributed by atoms with Crippen molar-refractivity contribution in [2.45, 2.75) is 6.42 Å². The minimum atomic E-state index is 0.0751. The van der Waals surface area contributed by atoms with Crippen molar-refractivity contribution in [2.75, 3.05) is 0 Å². The zero-order chi connectivity index (χ0) is 14.1. The van der Waals surface area contributed by atoms with Gasteiger partial charge in [-0.15, -0.1) is 11.3 Å². The Labute approximate surface area is 137 Å². The van der Waals surface area contributed by atoms with Crippen molar-refractivity contribution in [1.29, 1.82) is 0 Å². The normalized spacial score (nSPS) is 10.9. The first-order valence-corrected chi connectivity index (χ1v) is 8.36. The lowest BCUT2D eigenvalue weighted by molar-refractivity contribution is 0.0993. The fraction of sp³-hybridized carbons (Fsp3) is 0.0667. The molecule has 0 fully saturated rings. The molecule has 0 aliphatic rings. The Kier molecular flexibility index (Phi) is 4.01. The standard InChI is InChI=1S/C15H9Br2NOS/c16-10-5-9(6-11(17)7-10)13(19)8-15-18-12-3-1-2-4-14(12)20-15/h1-7H,8H2. The molecule has 100 valence electrons. The van der Waals surface area contributed by atoms with Crippen LogP contribution in [-0.2, 0) is 6.42 Å². The predicted octanol–water partition coefficient (Wildman–Crippen LogP) is 5.25. The number of thiazole rings is 1. The van der Waals surface area contributed by atoms with Gasteiger partial charge in [0.25, 0.3) is 0 Å². The molecule has 2 nitrogen and oxygen atoms in total. The van der Waals surface area contributed by atoms with Crippen LogP contribution in [0.1, 0.15) is 15.4 Å². The van der Waals surface area contributed by atoms with Crippen LogP contribution in [0, 0.1) is 0 Å². The first-order valence-electron chi connectivity index (χ1n) is 5.95. The van der Waals surface area contributed by atoms with Crippen LogP contribution in [0.2, 0.25) is 0 Å². The summed E-state index contributed by atoms with van der Waals surface area (Å²) in [5.41, 5.74) is 1.64. The highest BCUT2D eigenvalue weighted by Gasteiger charge is 2.12. The lowest BCUT2D eigenvalue weighted by Gasteiger charge is -2.01. The van der Waals surface area contributed by atoms with Crippen molar-refractivity contribution in [1.82, 2.24) is 4.98 Å². The van der Waals surface area contributed by atoms with Gasteiger partial charge in [-0.25, -0.2) is 4.98 Å². The second kappa shape index (κ2) is 5.76. The molecule has 0 aliphatic heterocycles. The average Bonchev–Trinajstić information content (AvgIpc) is 2.79. The summed E-state index contributed by atoms with van der Waals surface area (Å²) >= 11 is 8.37. The van der Waals surface area contributed by atoms with E-state index in [1.165, 1.54) is 0 Å². The second-order valence-corrected chi connectivity index (χ2v) is 7.28. The van der Waals surface area contributed by atoms with Crippen LogP contribution in [0.3, 0.4) is 0 Å². The Morgan fingerprint density at radius 1 is 1.10 bits per heavy atom. The number of hydrogen-bond acceptors (Lipinski definition) is 3. The molecule has 0 aliphatic carbocycles. The average molecular weight is 411 g/mol. The predicted molar refractivity (Wildman–Crippen MR) is 89.5 cm³/mol. The molecule has 1 aromatic heterocycles. The van der Waals surface area contributed by atoms with E-state index < -0.39 is 0 Å². The monoisotopic (exact) mass is 409 g/mol. The molecular formula is C15H9Br2NOS. The minimum absolute atomic E-state index is 0.0751. The van der Waals surface area contributed by atoms with Crippen molar-refractivity contribution >= 4 is 59.2 Å². The van der Waals surface area contributed by atoms with Gasteiger partial charge in [-0.3, -0.25) is 4.79 Å². The fourth-order valence-corrected chi connectivity index (χ4v) is 4.21. The number of aromatic nitrogens is 1. The summed E-state index contributed by atoms with van der Waals surface area (Å²) in [4.78, 5) is 16.8. The maximum atomic E-state index is 12.3. The molecule has 0 spiro atoms. The summed E-state index contributed by atoms with van der Waals surface area (Å²) in [6, 6.07) is 13.5. The maximum Gasteiger partial charge on any atom is 0.169 e. The van der Waals surface area contributed by atoms with Gasteiger partial charge in [0.1, 0.15) is 5.01 Å². The van der Waals surface area contributed by atoms with Gasteiger partial charge in [0.05, 0.1) is 16.6 Å². The Bertz CT molecular complexity index is 744. The maximum absolute atomic E-state index is 12.3. The molecule has 0 amide bonds. The minimum Gasteiger partial charge on any atom is -0.294 e. The second-order valence-electron chi connectivity index (χ2n) is 4.33. The number of fused-ring (bicyclic) bond motifs is 1. The summed E-state index contributed by atoms with van der Waals surface area (Å²) in [5.74, 6) is 0.0751. The highest BCUT2D eigenvalue weighted by molar-refractivity contribution is 9.11. The van der Waals surface area contributed by atoms with Crippen LogP contribution < -0.4 is 0 Å². The molecule has 3 aromatic rings. The van der Waals surface area contributed by atoms with Gasteiger partial charge in [0.2, 0.25) is 0 Å². The van der Waals surface area contributed by atoms with E-state index in [0.717, 1.165) is 24.2 Å². The number of nitrogens with zero attached hydrogens (tertiary/aromatic N) is 1. The summed E-state index contributed by atoms with van der Waals surface area (Å²) in [6.07, 6.45) is 0.336. The number of para-hydroxylation sites is 1. The molecule has 0 saturated carbocycles. The fourth-order valence-electron chi connectivity index (χ4n) is 1.95. The molecule has 2 aromatic carbocycles. The zero-order valence-corrected chi connectivity index (χ0v) is 14.3. The Hall–Kier alpha value is -1.04. The van der Waals surface area contributed by atoms with Crippen LogP contribution in [0.5, 0.6) is 0 Å². The molecule has 5 heteroatoms. The van der Waals surface area contributed by atoms with Gasteiger partial charge in [-0.1, -0.05) is 44.0 Å². The van der Waals surface area contributed by atoms with E-state index in [9.17, 15) is 4.79 Å². The van der Waals surface area contributed by atoms with Crippen molar-refractivity contribution in [2.24, 2.45) is 0 Å². The smallest absolute Gasteiger partial charge is 0.169 e. The van der Waals surface area contributed by atoms with E-state index in [2.05, 4.69) is 36.8 Å². The van der Waals surface area contributed by atoms with Gasteiger partial charge in [0, 0.05) is 14.5 Å². The van der Waals surface area contributed by atoms with E-state index in [1.807, 2.05) is 42.5 Å². The van der Waals surface area contributed by atoms with Gasteiger partial charge in [-0.2, -0.15) is 0 Å². The molecule has 0 atom stereocenters. The van der Waals surface area contributed by atoms with Crippen LogP contribution in [0.4, 0.5) is 0 Å². The zero-order valence-electron chi connectivity index (χ0n) is 10.3. The van der Waals surface area contributed by atoms with Crippen LogP contribution in [-0.4, -0.2) is 10.8 Å². The molecule has 0 bridgehead atoms. The molecule has 0 radical (unpaired) electrons. The third-order valence-corrected chi connectivity index (χ3v) is 4.79. The number of rotatable bonds is 3. The number of benzene rings is 2. The molecule has 0 saturated heterocycles.